The lowest BCUT2D eigenvalue weighted by molar-refractivity contribution is 0.588. The topological polar surface area (TPSA) is 39.1 Å². The minimum atomic E-state index is -3.45. The molecule has 1 aromatic heterocycles. The largest absolute Gasteiger partial charge is 0.268 e. The molecule has 0 unspecified atom stereocenters. The summed E-state index contributed by atoms with van der Waals surface area (Å²) in [7, 11) is -3.45. The number of aromatic nitrogens is 1. The zero-order valence-electron chi connectivity index (χ0n) is 9.37. The molecule has 0 bridgehead atoms. The van der Waals surface area contributed by atoms with Crippen molar-refractivity contribution in [2.75, 3.05) is 0 Å². The second-order valence-corrected chi connectivity index (χ2v) is 6.14. The second-order valence-electron chi connectivity index (χ2n) is 4.36. The Kier molecular flexibility index (Phi) is 1.67. The van der Waals surface area contributed by atoms with Gasteiger partial charge in [0.25, 0.3) is 10.0 Å². The number of hydrogen-bond donors (Lipinski definition) is 0. The van der Waals surface area contributed by atoms with E-state index in [-0.39, 0.29) is 0 Å². The van der Waals surface area contributed by atoms with Crippen molar-refractivity contribution in [2.24, 2.45) is 0 Å². The van der Waals surface area contributed by atoms with Crippen molar-refractivity contribution in [3.63, 3.8) is 0 Å². The van der Waals surface area contributed by atoms with Gasteiger partial charge in [0.05, 0.1) is 10.4 Å². The van der Waals surface area contributed by atoms with E-state index in [1.54, 1.807) is 18.3 Å². The average Bonchev–Trinajstić information content (AvgIpc) is 2.82. The Hall–Kier alpha value is -2.07. The summed E-state index contributed by atoms with van der Waals surface area (Å²) in [6.45, 7) is 0. The van der Waals surface area contributed by atoms with E-state index in [1.807, 2.05) is 36.4 Å². The lowest BCUT2D eigenvalue weighted by atomic mass is 10.0. The molecule has 0 aliphatic carbocycles. The van der Waals surface area contributed by atoms with Gasteiger partial charge in [-0.2, -0.15) is 0 Å². The summed E-state index contributed by atoms with van der Waals surface area (Å²) < 4.78 is 26.4. The highest BCUT2D eigenvalue weighted by molar-refractivity contribution is 7.90. The molecule has 0 radical (unpaired) electrons. The standard InChI is InChI=1S/C14H9NO2S/c16-18(17)13-7-2-1-5-11(13)12-6-3-4-10-8-9-15(18)14(10)12/h1-9H. The normalized spacial score (nSPS) is 15.6. The molecular formula is C14H9NO2S. The maximum Gasteiger partial charge on any atom is 0.268 e. The molecule has 2 heterocycles. The zero-order chi connectivity index (χ0) is 12.3. The molecule has 1 aliphatic rings. The van der Waals surface area contributed by atoms with E-state index in [9.17, 15) is 8.42 Å². The van der Waals surface area contributed by atoms with E-state index in [4.69, 9.17) is 0 Å². The third kappa shape index (κ3) is 1.01. The van der Waals surface area contributed by atoms with Crippen molar-refractivity contribution in [3.8, 4) is 11.1 Å². The van der Waals surface area contributed by atoms with Crippen molar-refractivity contribution >= 4 is 20.9 Å². The van der Waals surface area contributed by atoms with Crippen LogP contribution in [0.3, 0.4) is 0 Å². The first-order valence-electron chi connectivity index (χ1n) is 5.65. The highest BCUT2D eigenvalue weighted by Gasteiger charge is 2.29. The fourth-order valence-electron chi connectivity index (χ4n) is 2.60. The van der Waals surface area contributed by atoms with Crippen LogP contribution in [0, 0.1) is 0 Å². The Balaban J connectivity index is 2.35. The van der Waals surface area contributed by atoms with Crippen LogP contribution in [0.15, 0.2) is 59.6 Å². The summed E-state index contributed by atoms with van der Waals surface area (Å²) in [6, 6.07) is 14.8. The molecule has 0 N–H and O–H groups in total. The predicted octanol–water partition coefficient (Wildman–Crippen LogP) is 2.86. The summed E-state index contributed by atoms with van der Waals surface area (Å²) in [6.07, 6.45) is 1.62. The van der Waals surface area contributed by atoms with Crippen LogP contribution in [-0.2, 0) is 10.0 Å². The van der Waals surface area contributed by atoms with Gasteiger partial charge >= 0.3 is 0 Å². The molecule has 0 saturated carbocycles. The van der Waals surface area contributed by atoms with Crippen molar-refractivity contribution in [3.05, 3.63) is 54.7 Å². The summed E-state index contributed by atoms with van der Waals surface area (Å²) >= 11 is 0. The lowest BCUT2D eigenvalue weighted by Gasteiger charge is -2.19. The molecule has 0 saturated heterocycles. The Morgan fingerprint density at radius 1 is 0.833 bits per heavy atom. The smallest absolute Gasteiger partial charge is 0.241 e. The Morgan fingerprint density at radius 3 is 2.50 bits per heavy atom. The van der Waals surface area contributed by atoms with E-state index < -0.39 is 10.0 Å². The van der Waals surface area contributed by atoms with E-state index in [1.165, 1.54) is 3.97 Å². The van der Waals surface area contributed by atoms with Gasteiger partial charge in [0, 0.05) is 22.7 Å². The number of benzene rings is 2. The monoisotopic (exact) mass is 255 g/mol. The van der Waals surface area contributed by atoms with Gasteiger partial charge in [-0.25, -0.2) is 12.4 Å². The molecule has 18 heavy (non-hydrogen) atoms. The zero-order valence-corrected chi connectivity index (χ0v) is 10.2. The van der Waals surface area contributed by atoms with Gasteiger partial charge in [-0.3, -0.25) is 0 Å². The molecule has 0 atom stereocenters. The third-order valence-corrected chi connectivity index (χ3v) is 5.13. The quantitative estimate of drug-likeness (QED) is 0.484. The molecule has 88 valence electrons. The van der Waals surface area contributed by atoms with Crippen molar-refractivity contribution in [1.82, 2.24) is 3.97 Å². The molecule has 0 fully saturated rings. The van der Waals surface area contributed by atoms with Crippen LogP contribution in [0.4, 0.5) is 0 Å². The summed E-state index contributed by atoms with van der Waals surface area (Å²) in [5.41, 5.74) is 2.54. The van der Waals surface area contributed by atoms with E-state index in [2.05, 4.69) is 0 Å². The van der Waals surface area contributed by atoms with Crippen LogP contribution in [-0.4, -0.2) is 12.4 Å². The fraction of sp³-hybridized carbons (Fsp3) is 0. The number of fused-ring (bicyclic) bond motifs is 2. The molecule has 3 aromatic rings. The molecular weight excluding hydrogens is 246 g/mol. The third-order valence-electron chi connectivity index (χ3n) is 3.39. The maximum absolute atomic E-state index is 12.5. The fourth-order valence-corrected chi connectivity index (χ4v) is 4.19. The number of nitrogens with zero attached hydrogens (tertiary/aromatic N) is 1. The van der Waals surface area contributed by atoms with E-state index >= 15 is 0 Å². The van der Waals surface area contributed by atoms with Gasteiger partial charge in [0.15, 0.2) is 0 Å². The highest BCUT2D eigenvalue weighted by atomic mass is 32.2. The second kappa shape index (κ2) is 3.03. The minimum Gasteiger partial charge on any atom is -0.241 e. The summed E-state index contributed by atoms with van der Waals surface area (Å²) in [4.78, 5) is 0.376. The lowest BCUT2D eigenvalue weighted by Crippen LogP contribution is -2.16. The van der Waals surface area contributed by atoms with Gasteiger partial charge in [-0.1, -0.05) is 36.4 Å². The van der Waals surface area contributed by atoms with Gasteiger partial charge in [0.2, 0.25) is 0 Å². The Bertz CT molecular complexity index is 891. The Labute approximate surface area is 104 Å². The van der Waals surface area contributed by atoms with Crippen molar-refractivity contribution in [1.29, 1.82) is 0 Å². The number of rotatable bonds is 0. The van der Waals surface area contributed by atoms with E-state index in [0.717, 1.165) is 22.0 Å². The van der Waals surface area contributed by atoms with Gasteiger partial charge in [-0.05, 0) is 12.1 Å². The molecule has 4 rings (SSSR count). The van der Waals surface area contributed by atoms with Crippen molar-refractivity contribution in [2.45, 2.75) is 4.90 Å². The first-order valence-corrected chi connectivity index (χ1v) is 7.09. The van der Waals surface area contributed by atoms with Gasteiger partial charge in [0.1, 0.15) is 0 Å². The van der Waals surface area contributed by atoms with Crippen LogP contribution in [0.25, 0.3) is 22.0 Å². The van der Waals surface area contributed by atoms with Gasteiger partial charge in [-0.15, -0.1) is 0 Å². The highest BCUT2D eigenvalue weighted by Crippen LogP contribution is 2.39. The molecule has 0 amide bonds. The number of para-hydroxylation sites is 1. The molecule has 2 aromatic carbocycles. The van der Waals surface area contributed by atoms with Crippen LogP contribution in [0.5, 0.6) is 0 Å². The average molecular weight is 255 g/mol. The first-order chi connectivity index (χ1) is 8.69. The van der Waals surface area contributed by atoms with Gasteiger partial charge < -0.3 is 0 Å². The molecule has 1 aliphatic heterocycles. The SMILES string of the molecule is O=S1(=O)c2ccccc2-c2cccc3ccn1c23. The molecule has 4 heteroatoms. The van der Waals surface area contributed by atoms with Crippen molar-refractivity contribution < 1.29 is 8.42 Å². The van der Waals surface area contributed by atoms with Crippen LogP contribution >= 0.6 is 0 Å². The summed E-state index contributed by atoms with van der Waals surface area (Å²) in [5, 5.41) is 0.950. The maximum atomic E-state index is 12.5. The predicted molar refractivity (Wildman–Crippen MR) is 70.0 cm³/mol. The van der Waals surface area contributed by atoms with Crippen LogP contribution < -0.4 is 0 Å². The first kappa shape index (κ1) is 9.91. The molecule has 0 spiro atoms. The summed E-state index contributed by atoms with van der Waals surface area (Å²) in [5.74, 6) is 0. The Morgan fingerprint density at radius 2 is 1.61 bits per heavy atom. The number of hydrogen-bond acceptors (Lipinski definition) is 2. The minimum absolute atomic E-state index is 0.376. The van der Waals surface area contributed by atoms with E-state index in [0.29, 0.717) is 4.90 Å². The molecule has 3 nitrogen and oxygen atoms in total. The van der Waals surface area contributed by atoms with Crippen LogP contribution in [0.2, 0.25) is 0 Å². The van der Waals surface area contributed by atoms with Crippen LogP contribution in [0.1, 0.15) is 0 Å².